The average molecular weight is 283 g/mol. The van der Waals surface area contributed by atoms with E-state index in [1.54, 1.807) is 0 Å². The Morgan fingerprint density at radius 2 is 1.81 bits per heavy atom. The largest absolute Gasteiger partial charge is 0.327 e. The van der Waals surface area contributed by atoms with Crippen LogP contribution in [0.2, 0.25) is 0 Å². The van der Waals surface area contributed by atoms with Crippen LogP contribution in [-0.4, -0.2) is 18.1 Å². The summed E-state index contributed by atoms with van der Waals surface area (Å²) in [6.07, 6.45) is 0.958. The Balaban J connectivity index is 2.35. The van der Waals surface area contributed by atoms with Crippen LogP contribution in [0.15, 0.2) is 42.5 Å². The molecule has 1 N–H and O–H groups in total. The van der Waals surface area contributed by atoms with Crippen LogP contribution in [-0.2, 0) is 13.0 Å². The van der Waals surface area contributed by atoms with Crippen molar-refractivity contribution in [2.75, 3.05) is 18.0 Å². The van der Waals surface area contributed by atoms with E-state index in [4.69, 9.17) is 4.98 Å². The minimum absolute atomic E-state index is 0.894. The molecule has 3 heteroatoms. The van der Waals surface area contributed by atoms with E-state index >= 15 is 0 Å². The second-order valence-corrected chi connectivity index (χ2v) is 5.04. The number of aromatic nitrogens is 1. The molecule has 0 aliphatic heterocycles. The third-order valence-electron chi connectivity index (χ3n) is 3.53. The third-order valence-corrected chi connectivity index (χ3v) is 3.53. The van der Waals surface area contributed by atoms with Crippen molar-refractivity contribution >= 4 is 11.5 Å². The number of pyridine rings is 1. The van der Waals surface area contributed by atoms with Gasteiger partial charge in [0.2, 0.25) is 0 Å². The average Bonchev–Trinajstić information content (AvgIpc) is 2.54. The normalized spacial score (nSPS) is 10.6. The fourth-order valence-electron chi connectivity index (χ4n) is 2.41. The van der Waals surface area contributed by atoms with E-state index in [1.165, 1.54) is 11.3 Å². The Kier molecular flexibility index (Phi) is 5.76. The van der Waals surface area contributed by atoms with Gasteiger partial charge in [-0.1, -0.05) is 32.0 Å². The Labute approximate surface area is 128 Å². The number of para-hydroxylation sites is 1. The number of anilines is 2. The Morgan fingerprint density at radius 3 is 2.43 bits per heavy atom. The van der Waals surface area contributed by atoms with Crippen LogP contribution in [0.5, 0.6) is 0 Å². The van der Waals surface area contributed by atoms with Crippen LogP contribution >= 0.6 is 0 Å². The second-order valence-electron chi connectivity index (χ2n) is 5.04. The smallest absolute Gasteiger partial charge is 0.133 e. The van der Waals surface area contributed by atoms with Gasteiger partial charge < -0.3 is 10.2 Å². The molecule has 0 radical (unpaired) electrons. The predicted octanol–water partition coefficient (Wildman–Crippen LogP) is 3.91. The molecule has 0 unspecified atom stereocenters. The minimum atomic E-state index is 0.894. The van der Waals surface area contributed by atoms with Crippen molar-refractivity contribution in [3.05, 3.63) is 53.7 Å². The molecule has 0 bridgehead atoms. The molecule has 0 saturated carbocycles. The summed E-state index contributed by atoms with van der Waals surface area (Å²) in [5.41, 5.74) is 3.64. The first-order valence-electron chi connectivity index (χ1n) is 7.81. The quantitative estimate of drug-likeness (QED) is 0.835. The van der Waals surface area contributed by atoms with Gasteiger partial charge in [-0.25, -0.2) is 4.98 Å². The highest BCUT2D eigenvalue weighted by Gasteiger charge is 2.10. The standard InChI is InChI=1S/C18H25N3/c1-4-16-12-15(14-19-5-2)13-18(20-16)21(6-3)17-10-8-7-9-11-17/h7-13,19H,4-6,14H2,1-3H3. The van der Waals surface area contributed by atoms with Crippen LogP contribution in [0.25, 0.3) is 0 Å². The highest BCUT2D eigenvalue weighted by Crippen LogP contribution is 2.24. The maximum absolute atomic E-state index is 4.81. The molecule has 1 heterocycles. The second kappa shape index (κ2) is 7.79. The summed E-state index contributed by atoms with van der Waals surface area (Å²) in [6, 6.07) is 14.8. The van der Waals surface area contributed by atoms with E-state index in [2.05, 4.69) is 67.4 Å². The summed E-state index contributed by atoms with van der Waals surface area (Å²) in [4.78, 5) is 7.06. The Hall–Kier alpha value is -1.87. The van der Waals surface area contributed by atoms with Crippen LogP contribution in [0, 0.1) is 0 Å². The maximum atomic E-state index is 4.81. The van der Waals surface area contributed by atoms with E-state index in [-0.39, 0.29) is 0 Å². The van der Waals surface area contributed by atoms with Crippen LogP contribution in [0.4, 0.5) is 11.5 Å². The van der Waals surface area contributed by atoms with Gasteiger partial charge in [0.05, 0.1) is 0 Å². The summed E-state index contributed by atoms with van der Waals surface area (Å²) in [5.74, 6) is 1.04. The highest BCUT2D eigenvalue weighted by molar-refractivity contribution is 5.60. The molecular formula is C18H25N3. The molecule has 0 amide bonds. The van der Waals surface area contributed by atoms with E-state index in [0.717, 1.165) is 37.6 Å². The van der Waals surface area contributed by atoms with E-state index in [9.17, 15) is 0 Å². The fraction of sp³-hybridized carbons (Fsp3) is 0.389. The number of nitrogens with one attached hydrogen (secondary N) is 1. The van der Waals surface area contributed by atoms with E-state index in [1.807, 2.05) is 6.07 Å². The number of nitrogens with zero attached hydrogens (tertiary/aromatic N) is 2. The Morgan fingerprint density at radius 1 is 1.05 bits per heavy atom. The predicted molar refractivity (Wildman–Crippen MR) is 90.1 cm³/mol. The SMILES string of the molecule is CCNCc1cc(CC)nc(N(CC)c2ccccc2)c1. The molecule has 0 spiro atoms. The monoisotopic (exact) mass is 283 g/mol. The highest BCUT2D eigenvalue weighted by atomic mass is 15.2. The van der Waals surface area contributed by atoms with Gasteiger partial charge >= 0.3 is 0 Å². The summed E-state index contributed by atoms with van der Waals surface area (Å²) in [6.45, 7) is 9.23. The van der Waals surface area contributed by atoms with Crippen LogP contribution < -0.4 is 10.2 Å². The summed E-state index contributed by atoms with van der Waals surface area (Å²) in [7, 11) is 0. The van der Waals surface area contributed by atoms with Crippen molar-refractivity contribution < 1.29 is 0 Å². The van der Waals surface area contributed by atoms with Crippen LogP contribution in [0.3, 0.4) is 0 Å². The lowest BCUT2D eigenvalue weighted by molar-refractivity contribution is 0.724. The molecule has 21 heavy (non-hydrogen) atoms. The van der Waals surface area contributed by atoms with E-state index in [0.29, 0.717) is 0 Å². The number of aryl methyl sites for hydroxylation is 1. The molecule has 112 valence electrons. The molecule has 0 saturated heterocycles. The molecule has 0 aliphatic carbocycles. The summed E-state index contributed by atoms with van der Waals surface area (Å²) < 4.78 is 0. The topological polar surface area (TPSA) is 28.2 Å². The van der Waals surface area contributed by atoms with Gasteiger partial charge in [0.15, 0.2) is 0 Å². The van der Waals surface area contributed by atoms with Crippen molar-refractivity contribution in [3.63, 3.8) is 0 Å². The van der Waals surface area contributed by atoms with Gasteiger partial charge in [-0.15, -0.1) is 0 Å². The molecule has 3 nitrogen and oxygen atoms in total. The molecule has 0 fully saturated rings. The maximum Gasteiger partial charge on any atom is 0.133 e. The van der Waals surface area contributed by atoms with Gasteiger partial charge in [-0.3, -0.25) is 0 Å². The lowest BCUT2D eigenvalue weighted by Gasteiger charge is -2.23. The van der Waals surface area contributed by atoms with Crippen molar-refractivity contribution in [1.82, 2.24) is 10.3 Å². The first kappa shape index (κ1) is 15.5. The lowest BCUT2D eigenvalue weighted by atomic mass is 10.1. The number of hydrogen-bond acceptors (Lipinski definition) is 3. The van der Waals surface area contributed by atoms with Gasteiger partial charge in [0.25, 0.3) is 0 Å². The van der Waals surface area contributed by atoms with Crippen LogP contribution in [0.1, 0.15) is 32.0 Å². The van der Waals surface area contributed by atoms with Gasteiger partial charge in [-0.2, -0.15) is 0 Å². The molecule has 0 atom stereocenters. The number of rotatable bonds is 7. The first-order valence-corrected chi connectivity index (χ1v) is 7.81. The lowest BCUT2D eigenvalue weighted by Crippen LogP contribution is -2.19. The van der Waals surface area contributed by atoms with Gasteiger partial charge in [-0.05, 0) is 49.7 Å². The Bertz CT molecular complexity index is 552. The molecule has 1 aromatic carbocycles. The third kappa shape index (κ3) is 4.05. The number of benzene rings is 1. The fourth-order valence-corrected chi connectivity index (χ4v) is 2.41. The molecule has 1 aromatic heterocycles. The van der Waals surface area contributed by atoms with Crippen molar-refractivity contribution in [2.24, 2.45) is 0 Å². The molecule has 2 rings (SSSR count). The van der Waals surface area contributed by atoms with Gasteiger partial charge in [0.1, 0.15) is 5.82 Å². The van der Waals surface area contributed by atoms with Crippen molar-refractivity contribution in [3.8, 4) is 0 Å². The van der Waals surface area contributed by atoms with Crippen molar-refractivity contribution in [2.45, 2.75) is 33.7 Å². The van der Waals surface area contributed by atoms with Gasteiger partial charge in [0, 0.05) is 24.5 Å². The molecule has 0 aliphatic rings. The summed E-state index contributed by atoms with van der Waals surface area (Å²) in [5, 5.41) is 3.39. The zero-order valence-electron chi connectivity index (χ0n) is 13.3. The zero-order chi connectivity index (χ0) is 15.1. The zero-order valence-corrected chi connectivity index (χ0v) is 13.3. The molecule has 2 aromatic rings. The minimum Gasteiger partial charge on any atom is -0.327 e. The first-order chi connectivity index (χ1) is 10.3. The van der Waals surface area contributed by atoms with E-state index < -0.39 is 0 Å². The number of hydrogen-bond donors (Lipinski definition) is 1. The van der Waals surface area contributed by atoms with Crippen molar-refractivity contribution in [1.29, 1.82) is 0 Å². The molecular weight excluding hydrogens is 258 g/mol. The summed E-state index contributed by atoms with van der Waals surface area (Å²) >= 11 is 0.